The molecule has 0 bridgehead atoms. The molecule has 0 aromatic carbocycles. The summed E-state index contributed by atoms with van der Waals surface area (Å²) in [6.07, 6.45) is 8.30. The molecular formula is C16H26N2S. The summed E-state index contributed by atoms with van der Waals surface area (Å²) in [4.78, 5) is 2.81. The maximum absolute atomic E-state index is 3.73. The first-order valence-electron chi connectivity index (χ1n) is 7.78. The molecule has 0 amide bonds. The Bertz CT molecular complexity index is 381. The van der Waals surface area contributed by atoms with E-state index in [0.717, 1.165) is 0 Å². The standard InChI is InChI=1S/C16H26N2S/c1-14-11-18(9-5-15-6-10-19-12-15)16(13-17-14)7-3-2-4-8-16/h6,10,12,14,17H,2-5,7-9,11,13H2,1H3. The number of nitrogens with one attached hydrogen (secondary N) is 1. The van der Waals surface area contributed by atoms with Crippen LogP contribution in [0.5, 0.6) is 0 Å². The fraction of sp³-hybridized carbons (Fsp3) is 0.750. The molecule has 2 aliphatic rings. The van der Waals surface area contributed by atoms with Gasteiger partial charge in [0.2, 0.25) is 0 Å². The van der Waals surface area contributed by atoms with Gasteiger partial charge >= 0.3 is 0 Å². The molecule has 1 unspecified atom stereocenters. The molecule has 0 radical (unpaired) electrons. The van der Waals surface area contributed by atoms with Gasteiger partial charge in [-0.15, -0.1) is 0 Å². The number of rotatable bonds is 3. The molecule has 2 nitrogen and oxygen atoms in total. The SMILES string of the molecule is CC1CN(CCc2ccsc2)C2(CCCCC2)CN1. The first-order valence-corrected chi connectivity index (χ1v) is 8.72. The zero-order chi connectivity index (χ0) is 13.1. The van der Waals surface area contributed by atoms with E-state index in [1.54, 1.807) is 0 Å². The number of hydrogen-bond acceptors (Lipinski definition) is 3. The van der Waals surface area contributed by atoms with E-state index in [-0.39, 0.29) is 0 Å². The van der Waals surface area contributed by atoms with E-state index in [1.165, 1.54) is 63.7 Å². The van der Waals surface area contributed by atoms with Crippen molar-refractivity contribution in [1.82, 2.24) is 10.2 Å². The lowest BCUT2D eigenvalue weighted by Crippen LogP contribution is -2.64. The Morgan fingerprint density at radius 2 is 2.21 bits per heavy atom. The van der Waals surface area contributed by atoms with Crippen LogP contribution in [-0.4, -0.2) is 36.1 Å². The van der Waals surface area contributed by atoms with Crippen LogP contribution in [0.4, 0.5) is 0 Å². The summed E-state index contributed by atoms with van der Waals surface area (Å²) in [6.45, 7) is 6.00. The Kier molecular flexibility index (Phi) is 4.25. The van der Waals surface area contributed by atoms with Crippen LogP contribution >= 0.6 is 11.3 Å². The number of hydrogen-bond donors (Lipinski definition) is 1. The van der Waals surface area contributed by atoms with Gasteiger partial charge in [0.15, 0.2) is 0 Å². The first-order chi connectivity index (χ1) is 9.28. The second-order valence-electron chi connectivity index (χ2n) is 6.39. The van der Waals surface area contributed by atoms with Crippen molar-refractivity contribution in [2.45, 2.75) is 57.0 Å². The van der Waals surface area contributed by atoms with E-state index in [1.807, 2.05) is 11.3 Å². The van der Waals surface area contributed by atoms with Crippen molar-refractivity contribution >= 4 is 11.3 Å². The van der Waals surface area contributed by atoms with E-state index in [9.17, 15) is 0 Å². The Labute approximate surface area is 121 Å². The van der Waals surface area contributed by atoms with Crippen molar-refractivity contribution in [1.29, 1.82) is 0 Å². The van der Waals surface area contributed by atoms with E-state index in [2.05, 4.69) is 34.0 Å². The van der Waals surface area contributed by atoms with Crippen LogP contribution in [0.1, 0.15) is 44.6 Å². The lowest BCUT2D eigenvalue weighted by molar-refractivity contribution is 0.0137. The highest BCUT2D eigenvalue weighted by Crippen LogP contribution is 2.35. The lowest BCUT2D eigenvalue weighted by Gasteiger charge is -2.51. The van der Waals surface area contributed by atoms with Crippen LogP contribution in [0.2, 0.25) is 0 Å². The molecular weight excluding hydrogens is 252 g/mol. The zero-order valence-corrected chi connectivity index (χ0v) is 12.8. The van der Waals surface area contributed by atoms with Gasteiger partial charge in [0, 0.05) is 31.2 Å². The largest absolute Gasteiger partial charge is 0.311 e. The minimum Gasteiger partial charge on any atom is -0.311 e. The molecule has 1 aromatic rings. The van der Waals surface area contributed by atoms with Crippen molar-refractivity contribution in [3.05, 3.63) is 22.4 Å². The predicted molar refractivity (Wildman–Crippen MR) is 82.9 cm³/mol. The smallest absolute Gasteiger partial charge is 0.0334 e. The van der Waals surface area contributed by atoms with Gasteiger partial charge in [0.05, 0.1) is 0 Å². The van der Waals surface area contributed by atoms with Crippen molar-refractivity contribution < 1.29 is 0 Å². The third kappa shape index (κ3) is 3.04. The molecule has 1 saturated carbocycles. The molecule has 106 valence electrons. The maximum Gasteiger partial charge on any atom is 0.0334 e. The molecule has 19 heavy (non-hydrogen) atoms. The van der Waals surface area contributed by atoms with Crippen LogP contribution in [0, 0.1) is 0 Å². The fourth-order valence-electron chi connectivity index (χ4n) is 3.80. The molecule has 3 rings (SSSR count). The topological polar surface area (TPSA) is 15.3 Å². The normalized spacial score (nSPS) is 27.7. The van der Waals surface area contributed by atoms with Crippen LogP contribution in [0.15, 0.2) is 16.8 Å². The Morgan fingerprint density at radius 1 is 1.37 bits per heavy atom. The summed E-state index contributed by atoms with van der Waals surface area (Å²) in [5, 5.41) is 8.23. The summed E-state index contributed by atoms with van der Waals surface area (Å²) in [6, 6.07) is 2.93. The Balaban J connectivity index is 1.67. The molecule has 1 aromatic heterocycles. The molecule has 1 atom stereocenters. The molecule has 2 fully saturated rings. The number of piperazine rings is 1. The Morgan fingerprint density at radius 3 is 2.95 bits per heavy atom. The third-order valence-corrected chi connectivity index (χ3v) is 5.71. The van der Waals surface area contributed by atoms with E-state index in [0.29, 0.717) is 11.6 Å². The van der Waals surface area contributed by atoms with Crippen molar-refractivity contribution in [2.24, 2.45) is 0 Å². The van der Waals surface area contributed by atoms with Crippen molar-refractivity contribution in [3.63, 3.8) is 0 Å². The van der Waals surface area contributed by atoms with E-state index >= 15 is 0 Å². The summed E-state index contributed by atoms with van der Waals surface area (Å²) >= 11 is 1.82. The average Bonchev–Trinajstić information content (AvgIpc) is 2.94. The summed E-state index contributed by atoms with van der Waals surface area (Å²) in [7, 11) is 0. The predicted octanol–water partition coefficient (Wildman–Crippen LogP) is 3.29. The highest BCUT2D eigenvalue weighted by atomic mass is 32.1. The third-order valence-electron chi connectivity index (χ3n) is 4.98. The Hall–Kier alpha value is -0.380. The number of thiophene rings is 1. The van der Waals surface area contributed by atoms with Gasteiger partial charge in [0.25, 0.3) is 0 Å². The second-order valence-corrected chi connectivity index (χ2v) is 7.17. The zero-order valence-electron chi connectivity index (χ0n) is 12.0. The monoisotopic (exact) mass is 278 g/mol. The summed E-state index contributed by atoms with van der Waals surface area (Å²) in [5.41, 5.74) is 1.99. The summed E-state index contributed by atoms with van der Waals surface area (Å²) < 4.78 is 0. The maximum atomic E-state index is 3.73. The van der Waals surface area contributed by atoms with Crippen molar-refractivity contribution in [2.75, 3.05) is 19.6 Å². The minimum atomic E-state index is 0.473. The van der Waals surface area contributed by atoms with Crippen LogP contribution in [0.3, 0.4) is 0 Å². The molecule has 1 aliphatic heterocycles. The molecule has 3 heteroatoms. The van der Waals surface area contributed by atoms with Crippen molar-refractivity contribution in [3.8, 4) is 0 Å². The molecule has 1 saturated heterocycles. The second kappa shape index (κ2) is 5.94. The van der Waals surface area contributed by atoms with Gasteiger partial charge in [-0.3, -0.25) is 4.90 Å². The van der Waals surface area contributed by atoms with Gasteiger partial charge in [-0.25, -0.2) is 0 Å². The molecule has 1 N–H and O–H groups in total. The van der Waals surface area contributed by atoms with Crippen LogP contribution < -0.4 is 5.32 Å². The average molecular weight is 278 g/mol. The highest BCUT2D eigenvalue weighted by Gasteiger charge is 2.40. The van der Waals surface area contributed by atoms with E-state index in [4.69, 9.17) is 0 Å². The minimum absolute atomic E-state index is 0.473. The van der Waals surface area contributed by atoms with Gasteiger partial charge in [-0.2, -0.15) is 11.3 Å². The van der Waals surface area contributed by atoms with Gasteiger partial charge in [-0.1, -0.05) is 19.3 Å². The fourth-order valence-corrected chi connectivity index (χ4v) is 4.50. The molecule has 1 aliphatic carbocycles. The van der Waals surface area contributed by atoms with Crippen LogP contribution in [0.25, 0.3) is 0 Å². The van der Waals surface area contributed by atoms with Crippen LogP contribution in [-0.2, 0) is 6.42 Å². The highest BCUT2D eigenvalue weighted by molar-refractivity contribution is 7.07. The van der Waals surface area contributed by atoms with Gasteiger partial charge in [-0.05, 0) is 48.6 Å². The molecule has 2 heterocycles. The first kappa shape index (κ1) is 13.6. The lowest BCUT2D eigenvalue weighted by atomic mass is 9.78. The van der Waals surface area contributed by atoms with Gasteiger partial charge < -0.3 is 5.32 Å². The van der Waals surface area contributed by atoms with E-state index < -0.39 is 0 Å². The molecule has 1 spiro atoms. The quantitative estimate of drug-likeness (QED) is 0.913. The van der Waals surface area contributed by atoms with Gasteiger partial charge in [0.1, 0.15) is 0 Å². The number of nitrogens with zero attached hydrogens (tertiary/aromatic N) is 1. The summed E-state index contributed by atoms with van der Waals surface area (Å²) in [5.74, 6) is 0.